The first-order valence-corrected chi connectivity index (χ1v) is 7.85. The van der Waals surface area contributed by atoms with Gasteiger partial charge in [-0.1, -0.05) is 24.3 Å². The number of hydrogen-bond donors (Lipinski definition) is 1. The number of carbonyl (C=O) groups is 1. The maximum absolute atomic E-state index is 11.9. The Labute approximate surface area is 140 Å². The van der Waals surface area contributed by atoms with E-state index in [4.69, 9.17) is 4.74 Å². The number of anilines is 2. The molecule has 0 bridgehead atoms. The molecule has 5 nitrogen and oxygen atoms in total. The molecule has 0 fully saturated rings. The Morgan fingerprint density at radius 1 is 1.17 bits per heavy atom. The van der Waals surface area contributed by atoms with Crippen molar-refractivity contribution in [1.29, 1.82) is 0 Å². The first-order valence-electron chi connectivity index (χ1n) is 7.85. The minimum atomic E-state index is -0.337. The Kier molecular flexibility index (Phi) is 4.42. The third-order valence-electron chi connectivity index (χ3n) is 3.81. The number of para-hydroxylation sites is 1. The van der Waals surface area contributed by atoms with Gasteiger partial charge in [0.1, 0.15) is 0 Å². The fraction of sp³-hybridized carbons (Fsp3) is 0.211. The molecule has 5 heteroatoms. The van der Waals surface area contributed by atoms with Gasteiger partial charge in [-0.2, -0.15) is 0 Å². The van der Waals surface area contributed by atoms with Gasteiger partial charge in [0.15, 0.2) is 0 Å². The highest BCUT2D eigenvalue weighted by Gasteiger charge is 2.10. The number of esters is 1. The molecule has 24 heavy (non-hydrogen) atoms. The van der Waals surface area contributed by atoms with E-state index in [9.17, 15) is 4.79 Å². The van der Waals surface area contributed by atoms with Crippen LogP contribution in [0.25, 0.3) is 10.9 Å². The first-order chi connectivity index (χ1) is 11.6. The van der Waals surface area contributed by atoms with Crippen molar-refractivity contribution in [3.63, 3.8) is 0 Å². The van der Waals surface area contributed by atoms with Crippen molar-refractivity contribution < 1.29 is 9.53 Å². The van der Waals surface area contributed by atoms with Crippen LogP contribution in [0.5, 0.6) is 0 Å². The van der Waals surface area contributed by atoms with E-state index >= 15 is 0 Å². The second-order valence-electron chi connectivity index (χ2n) is 5.58. The Morgan fingerprint density at radius 2 is 2.00 bits per heavy atom. The van der Waals surface area contributed by atoms with Crippen molar-refractivity contribution >= 4 is 28.5 Å². The minimum absolute atomic E-state index is 0.337. The fourth-order valence-corrected chi connectivity index (χ4v) is 2.48. The summed E-state index contributed by atoms with van der Waals surface area (Å²) in [6, 6.07) is 11.4. The molecular weight excluding hydrogens is 302 g/mol. The lowest BCUT2D eigenvalue weighted by Crippen LogP contribution is -2.06. The zero-order valence-electron chi connectivity index (χ0n) is 14.0. The van der Waals surface area contributed by atoms with Crippen molar-refractivity contribution in [1.82, 2.24) is 9.97 Å². The van der Waals surface area contributed by atoms with Gasteiger partial charge in [-0.25, -0.2) is 14.8 Å². The van der Waals surface area contributed by atoms with Crippen LogP contribution in [0, 0.1) is 13.8 Å². The summed E-state index contributed by atoms with van der Waals surface area (Å²) in [6.45, 7) is 6.12. The SMILES string of the molecule is CCOC(=O)c1ccc(C)c(Nc2ncc3cccc(C)c3n2)c1. The van der Waals surface area contributed by atoms with Crippen molar-refractivity contribution in [3.05, 3.63) is 59.3 Å². The standard InChI is InChI=1S/C19H19N3O2/c1-4-24-18(23)14-9-8-12(2)16(10-14)21-19-20-11-15-7-5-6-13(3)17(15)22-19/h5-11H,4H2,1-3H3,(H,20,21,22). The van der Waals surface area contributed by atoms with Gasteiger partial charge < -0.3 is 10.1 Å². The molecule has 0 aliphatic carbocycles. The van der Waals surface area contributed by atoms with E-state index in [2.05, 4.69) is 15.3 Å². The second kappa shape index (κ2) is 6.66. The molecule has 0 spiro atoms. The molecule has 0 amide bonds. The molecule has 1 N–H and O–H groups in total. The number of fused-ring (bicyclic) bond motifs is 1. The number of carbonyl (C=O) groups excluding carboxylic acids is 1. The summed E-state index contributed by atoms with van der Waals surface area (Å²) in [5, 5.41) is 4.20. The highest BCUT2D eigenvalue weighted by molar-refractivity contribution is 5.91. The molecule has 0 aliphatic rings. The van der Waals surface area contributed by atoms with E-state index in [0.29, 0.717) is 18.1 Å². The maximum Gasteiger partial charge on any atom is 0.338 e. The number of aromatic nitrogens is 2. The van der Waals surface area contributed by atoms with Crippen LogP contribution in [0.3, 0.4) is 0 Å². The molecule has 0 unspecified atom stereocenters. The van der Waals surface area contributed by atoms with Gasteiger partial charge in [0.2, 0.25) is 5.95 Å². The first kappa shape index (κ1) is 15.9. The highest BCUT2D eigenvalue weighted by atomic mass is 16.5. The van der Waals surface area contributed by atoms with Gasteiger partial charge in [0.25, 0.3) is 0 Å². The van der Waals surface area contributed by atoms with Gasteiger partial charge in [-0.3, -0.25) is 0 Å². The van der Waals surface area contributed by atoms with Crippen LogP contribution in [0.2, 0.25) is 0 Å². The number of aryl methyl sites for hydroxylation is 2. The van der Waals surface area contributed by atoms with Crippen molar-refractivity contribution in [2.45, 2.75) is 20.8 Å². The molecule has 0 aliphatic heterocycles. The summed E-state index contributed by atoms with van der Waals surface area (Å²) >= 11 is 0. The lowest BCUT2D eigenvalue weighted by atomic mass is 10.1. The molecule has 1 aromatic heterocycles. The van der Waals surface area contributed by atoms with E-state index in [-0.39, 0.29) is 5.97 Å². The quantitative estimate of drug-likeness (QED) is 0.731. The summed E-state index contributed by atoms with van der Waals surface area (Å²) < 4.78 is 5.05. The van der Waals surface area contributed by atoms with Crippen LogP contribution in [-0.4, -0.2) is 22.5 Å². The zero-order chi connectivity index (χ0) is 17.1. The fourth-order valence-electron chi connectivity index (χ4n) is 2.48. The lowest BCUT2D eigenvalue weighted by Gasteiger charge is -2.11. The third-order valence-corrected chi connectivity index (χ3v) is 3.81. The largest absolute Gasteiger partial charge is 0.462 e. The molecule has 0 saturated heterocycles. The number of ether oxygens (including phenoxy) is 1. The van der Waals surface area contributed by atoms with Gasteiger partial charge in [0.05, 0.1) is 17.7 Å². The molecule has 2 aromatic carbocycles. The summed E-state index contributed by atoms with van der Waals surface area (Å²) in [6.07, 6.45) is 1.79. The second-order valence-corrected chi connectivity index (χ2v) is 5.58. The zero-order valence-corrected chi connectivity index (χ0v) is 14.0. The van der Waals surface area contributed by atoms with Gasteiger partial charge in [-0.05, 0) is 44.0 Å². The molecule has 0 radical (unpaired) electrons. The van der Waals surface area contributed by atoms with Gasteiger partial charge in [0, 0.05) is 17.3 Å². The topological polar surface area (TPSA) is 64.1 Å². The number of hydrogen-bond acceptors (Lipinski definition) is 5. The van der Waals surface area contributed by atoms with E-state index in [1.165, 1.54) is 0 Å². The van der Waals surface area contributed by atoms with Crippen LogP contribution in [0.4, 0.5) is 11.6 Å². The summed E-state index contributed by atoms with van der Waals surface area (Å²) in [5.74, 6) is 0.164. The van der Waals surface area contributed by atoms with Crippen molar-refractivity contribution in [3.8, 4) is 0 Å². The van der Waals surface area contributed by atoms with Crippen molar-refractivity contribution in [2.75, 3.05) is 11.9 Å². The van der Waals surface area contributed by atoms with Crippen LogP contribution >= 0.6 is 0 Å². The average molecular weight is 321 g/mol. The Balaban J connectivity index is 1.94. The molecular formula is C19H19N3O2. The van der Waals surface area contributed by atoms with Crippen LogP contribution < -0.4 is 5.32 Å². The Bertz CT molecular complexity index is 906. The third kappa shape index (κ3) is 3.20. The smallest absolute Gasteiger partial charge is 0.338 e. The molecule has 1 heterocycles. The van der Waals surface area contributed by atoms with E-state index in [1.807, 2.05) is 38.1 Å². The lowest BCUT2D eigenvalue weighted by molar-refractivity contribution is 0.0526. The maximum atomic E-state index is 11.9. The molecule has 0 atom stereocenters. The monoisotopic (exact) mass is 321 g/mol. The number of benzene rings is 2. The number of nitrogens with zero attached hydrogens (tertiary/aromatic N) is 2. The summed E-state index contributed by atoms with van der Waals surface area (Å²) in [4.78, 5) is 20.8. The minimum Gasteiger partial charge on any atom is -0.462 e. The predicted octanol–water partition coefficient (Wildman–Crippen LogP) is 4.17. The average Bonchev–Trinajstić information content (AvgIpc) is 2.58. The van der Waals surface area contributed by atoms with Gasteiger partial charge in [-0.15, -0.1) is 0 Å². The number of rotatable bonds is 4. The normalized spacial score (nSPS) is 10.6. The highest BCUT2D eigenvalue weighted by Crippen LogP contribution is 2.22. The van der Waals surface area contributed by atoms with E-state index in [0.717, 1.165) is 27.7 Å². The van der Waals surface area contributed by atoms with E-state index < -0.39 is 0 Å². The number of nitrogens with one attached hydrogen (secondary N) is 1. The molecule has 0 saturated carbocycles. The predicted molar refractivity (Wildman–Crippen MR) is 94.7 cm³/mol. The molecule has 3 rings (SSSR count). The Morgan fingerprint density at radius 3 is 2.79 bits per heavy atom. The van der Waals surface area contributed by atoms with Crippen LogP contribution in [0.15, 0.2) is 42.6 Å². The van der Waals surface area contributed by atoms with Crippen molar-refractivity contribution in [2.24, 2.45) is 0 Å². The van der Waals surface area contributed by atoms with Gasteiger partial charge >= 0.3 is 5.97 Å². The summed E-state index contributed by atoms with van der Waals surface area (Å²) in [7, 11) is 0. The van der Waals surface area contributed by atoms with Crippen LogP contribution in [-0.2, 0) is 4.74 Å². The van der Waals surface area contributed by atoms with Crippen LogP contribution in [0.1, 0.15) is 28.4 Å². The summed E-state index contributed by atoms with van der Waals surface area (Å²) in [5.41, 5.74) is 4.29. The molecule has 122 valence electrons. The molecule has 3 aromatic rings. The van der Waals surface area contributed by atoms with E-state index in [1.54, 1.807) is 25.3 Å². The Hall–Kier alpha value is -2.95.